The monoisotopic (exact) mass is 389 g/mol. The first-order chi connectivity index (χ1) is 13.4. The number of anilines is 1. The van der Waals surface area contributed by atoms with E-state index in [2.05, 4.69) is 10.4 Å². The summed E-state index contributed by atoms with van der Waals surface area (Å²) in [5, 5.41) is 7.95. The standard InChI is InChI=1S/C20H18F3N3O2/c1-27-15-9-12(10-16(11-15)28-2)18-17-7-8-24-19(17)26(25-18)14-5-3-13(4-6-14)20(21,22)23/h3-6,9-11,24H,7-8H2,1-2H3. The van der Waals surface area contributed by atoms with Gasteiger partial charge in [-0.1, -0.05) is 0 Å². The minimum absolute atomic E-state index is 0.555. The molecule has 5 nitrogen and oxygen atoms in total. The van der Waals surface area contributed by atoms with Gasteiger partial charge in [0.25, 0.3) is 0 Å². The zero-order valence-corrected chi connectivity index (χ0v) is 15.3. The topological polar surface area (TPSA) is 48.3 Å². The summed E-state index contributed by atoms with van der Waals surface area (Å²) < 4.78 is 50.9. The number of halogens is 3. The molecule has 3 aromatic rings. The Hall–Kier alpha value is -3.16. The van der Waals surface area contributed by atoms with Gasteiger partial charge in [0.1, 0.15) is 17.3 Å². The molecular weight excluding hydrogens is 371 g/mol. The molecule has 0 unspecified atom stereocenters. The Labute approximate surface area is 159 Å². The molecule has 0 saturated heterocycles. The Balaban J connectivity index is 1.81. The van der Waals surface area contributed by atoms with Crippen LogP contribution < -0.4 is 14.8 Å². The Kier molecular flexibility index (Phi) is 4.41. The second kappa shape index (κ2) is 6.78. The third-order valence-corrected chi connectivity index (χ3v) is 4.72. The largest absolute Gasteiger partial charge is 0.497 e. The highest BCUT2D eigenvalue weighted by Crippen LogP contribution is 2.38. The summed E-state index contributed by atoms with van der Waals surface area (Å²) in [6.45, 7) is 0.738. The van der Waals surface area contributed by atoms with Crippen molar-refractivity contribution < 1.29 is 22.6 Å². The van der Waals surface area contributed by atoms with Crippen LogP contribution >= 0.6 is 0 Å². The first-order valence-electron chi connectivity index (χ1n) is 8.67. The van der Waals surface area contributed by atoms with Crippen LogP contribution in [0.15, 0.2) is 42.5 Å². The Morgan fingerprint density at radius 2 is 1.64 bits per heavy atom. The highest BCUT2D eigenvalue weighted by atomic mass is 19.4. The van der Waals surface area contributed by atoms with Gasteiger partial charge in [-0.05, 0) is 42.8 Å². The SMILES string of the molecule is COc1cc(OC)cc(-c2nn(-c3ccc(C(F)(F)F)cc3)c3c2CCN3)c1. The molecule has 2 aromatic carbocycles. The third kappa shape index (κ3) is 3.15. The lowest BCUT2D eigenvalue weighted by Gasteiger charge is -2.10. The Bertz CT molecular complexity index is 989. The number of nitrogens with one attached hydrogen (secondary N) is 1. The molecule has 4 rings (SSSR count). The van der Waals surface area contributed by atoms with E-state index in [-0.39, 0.29) is 0 Å². The maximum absolute atomic E-state index is 12.9. The minimum atomic E-state index is -4.37. The van der Waals surface area contributed by atoms with Crippen molar-refractivity contribution >= 4 is 5.82 Å². The van der Waals surface area contributed by atoms with Gasteiger partial charge in [0.2, 0.25) is 0 Å². The summed E-state index contributed by atoms with van der Waals surface area (Å²) in [6.07, 6.45) is -3.60. The van der Waals surface area contributed by atoms with Crippen LogP contribution in [0.3, 0.4) is 0 Å². The summed E-state index contributed by atoms with van der Waals surface area (Å²) in [6, 6.07) is 10.5. The molecule has 8 heteroatoms. The maximum atomic E-state index is 12.9. The molecule has 1 aliphatic rings. The van der Waals surface area contributed by atoms with Crippen LogP contribution in [0.4, 0.5) is 19.0 Å². The Morgan fingerprint density at radius 3 is 2.21 bits per heavy atom. The van der Waals surface area contributed by atoms with E-state index in [1.807, 2.05) is 12.1 Å². The molecule has 1 aromatic heterocycles. The fraction of sp³-hybridized carbons (Fsp3) is 0.250. The van der Waals surface area contributed by atoms with Crippen molar-refractivity contribution in [2.45, 2.75) is 12.6 Å². The first kappa shape index (κ1) is 18.2. The normalized spacial score (nSPS) is 13.2. The molecule has 0 fully saturated rings. The third-order valence-electron chi connectivity index (χ3n) is 4.72. The molecule has 2 heterocycles. The average molecular weight is 389 g/mol. The highest BCUT2D eigenvalue weighted by molar-refractivity contribution is 5.74. The predicted octanol–water partition coefficient (Wildman–Crippen LogP) is 4.54. The summed E-state index contributed by atoms with van der Waals surface area (Å²) >= 11 is 0. The smallest absolute Gasteiger partial charge is 0.416 e. The highest BCUT2D eigenvalue weighted by Gasteiger charge is 2.30. The lowest BCUT2D eigenvalue weighted by atomic mass is 10.1. The minimum Gasteiger partial charge on any atom is -0.497 e. The van der Waals surface area contributed by atoms with Gasteiger partial charge in [-0.2, -0.15) is 18.3 Å². The quantitative estimate of drug-likeness (QED) is 0.712. The fourth-order valence-electron chi connectivity index (χ4n) is 3.33. The lowest BCUT2D eigenvalue weighted by Crippen LogP contribution is -2.07. The van der Waals surface area contributed by atoms with Gasteiger partial charge < -0.3 is 14.8 Å². The second-order valence-electron chi connectivity index (χ2n) is 6.41. The van der Waals surface area contributed by atoms with Crippen molar-refractivity contribution in [3.05, 3.63) is 53.6 Å². The van der Waals surface area contributed by atoms with Crippen LogP contribution in [0.25, 0.3) is 16.9 Å². The molecule has 1 aliphatic heterocycles. The first-order valence-corrected chi connectivity index (χ1v) is 8.67. The number of benzene rings is 2. The van der Waals surface area contributed by atoms with Gasteiger partial charge in [0.05, 0.1) is 31.2 Å². The van der Waals surface area contributed by atoms with Crippen molar-refractivity contribution in [2.75, 3.05) is 26.1 Å². The van der Waals surface area contributed by atoms with Crippen LogP contribution in [-0.4, -0.2) is 30.5 Å². The predicted molar refractivity (Wildman–Crippen MR) is 99.3 cm³/mol. The van der Waals surface area contributed by atoms with E-state index in [9.17, 15) is 13.2 Å². The van der Waals surface area contributed by atoms with Crippen molar-refractivity contribution in [3.63, 3.8) is 0 Å². The van der Waals surface area contributed by atoms with E-state index in [1.54, 1.807) is 25.0 Å². The molecule has 28 heavy (non-hydrogen) atoms. The van der Waals surface area contributed by atoms with Gasteiger partial charge >= 0.3 is 6.18 Å². The van der Waals surface area contributed by atoms with Crippen molar-refractivity contribution in [3.8, 4) is 28.4 Å². The molecule has 0 saturated carbocycles. The van der Waals surface area contributed by atoms with E-state index in [4.69, 9.17) is 9.47 Å². The molecule has 0 bridgehead atoms. The van der Waals surface area contributed by atoms with Gasteiger partial charge in [-0.3, -0.25) is 0 Å². The number of alkyl halides is 3. The number of methoxy groups -OCH3 is 2. The van der Waals surface area contributed by atoms with Gasteiger partial charge in [-0.25, -0.2) is 4.68 Å². The molecule has 0 atom stereocenters. The number of hydrogen-bond acceptors (Lipinski definition) is 4. The van der Waals surface area contributed by atoms with Crippen LogP contribution in [0.1, 0.15) is 11.1 Å². The molecule has 1 N–H and O–H groups in total. The second-order valence-corrected chi connectivity index (χ2v) is 6.41. The summed E-state index contributed by atoms with van der Waals surface area (Å²) in [7, 11) is 3.15. The molecule has 0 radical (unpaired) electrons. The van der Waals surface area contributed by atoms with E-state index in [0.29, 0.717) is 17.2 Å². The van der Waals surface area contributed by atoms with Crippen LogP contribution in [0.2, 0.25) is 0 Å². The number of hydrogen-bond donors (Lipinski definition) is 1. The summed E-state index contributed by atoms with van der Waals surface area (Å²) in [5.74, 6) is 2.06. The molecule has 0 amide bonds. The van der Waals surface area contributed by atoms with E-state index in [1.165, 1.54) is 12.1 Å². The lowest BCUT2D eigenvalue weighted by molar-refractivity contribution is -0.137. The van der Waals surface area contributed by atoms with E-state index >= 15 is 0 Å². The van der Waals surface area contributed by atoms with Crippen LogP contribution in [-0.2, 0) is 12.6 Å². The number of ether oxygens (including phenoxy) is 2. The van der Waals surface area contributed by atoms with E-state index in [0.717, 1.165) is 47.7 Å². The number of fused-ring (bicyclic) bond motifs is 1. The zero-order chi connectivity index (χ0) is 19.9. The summed E-state index contributed by atoms with van der Waals surface area (Å²) in [4.78, 5) is 0. The fourth-order valence-corrected chi connectivity index (χ4v) is 3.33. The zero-order valence-electron chi connectivity index (χ0n) is 15.3. The van der Waals surface area contributed by atoms with Gasteiger partial charge in [0, 0.05) is 23.7 Å². The van der Waals surface area contributed by atoms with Crippen molar-refractivity contribution in [2.24, 2.45) is 0 Å². The van der Waals surface area contributed by atoms with Gasteiger partial charge in [-0.15, -0.1) is 0 Å². The molecule has 0 aliphatic carbocycles. The number of aromatic nitrogens is 2. The van der Waals surface area contributed by atoms with Crippen molar-refractivity contribution in [1.82, 2.24) is 9.78 Å². The van der Waals surface area contributed by atoms with E-state index < -0.39 is 11.7 Å². The maximum Gasteiger partial charge on any atom is 0.416 e. The molecule has 0 spiro atoms. The van der Waals surface area contributed by atoms with Crippen molar-refractivity contribution in [1.29, 1.82) is 0 Å². The summed E-state index contributed by atoms with van der Waals surface area (Å²) in [5.41, 5.74) is 2.44. The molecule has 146 valence electrons. The Morgan fingerprint density at radius 1 is 1.00 bits per heavy atom. The van der Waals surface area contributed by atoms with Crippen LogP contribution in [0.5, 0.6) is 11.5 Å². The number of nitrogens with zero attached hydrogens (tertiary/aromatic N) is 2. The van der Waals surface area contributed by atoms with Gasteiger partial charge in [0.15, 0.2) is 0 Å². The van der Waals surface area contributed by atoms with Crippen LogP contribution in [0, 0.1) is 0 Å². The number of rotatable bonds is 4. The molecular formula is C20H18F3N3O2. The average Bonchev–Trinajstić information content (AvgIpc) is 3.29.